The van der Waals surface area contributed by atoms with Crippen LogP contribution in [0.2, 0.25) is 0 Å². The van der Waals surface area contributed by atoms with Crippen molar-refractivity contribution in [2.24, 2.45) is 4.99 Å². The number of benzene rings is 3. The Morgan fingerprint density at radius 3 is 2.26 bits per heavy atom. The predicted molar refractivity (Wildman–Crippen MR) is 202 cm³/mol. The summed E-state index contributed by atoms with van der Waals surface area (Å²) in [5.41, 5.74) is 8.31. The molecule has 0 amide bonds. The number of carbonyl (C=O) groups is 3. The van der Waals surface area contributed by atoms with Gasteiger partial charge in [0.15, 0.2) is 11.6 Å². The van der Waals surface area contributed by atoms with Crippen molar-refractivity contribution >= 4 is 34.2 Å². The molecule has 0 radical (unpaired) electrons. The first-order valence-corrected chi connectivity index (χ1v) is 18.2. The van der Waals surface area contributed by atoms with Crippen LogP contribution in [0.5, 0.6) is 0 Å². The molecule has 0 saturated carbocycles. The summed E-state index contributed by atoms with van der Waals surface area (Å²) in [5.74, 6) is 0.328. The van der Waals surface area contributed by atoms with E-state index in [2.05, 4.69) is 43.2 Å². The van der Waals surface area contributed by atoms with Gasteiger partial charge in [-0.05, 0) is 101 Å². The Morgan fingerprint density at radius 1 is 0.800 bits per heavy atom. The van der Waals surface area contributed by atoms with Gasteiger partial charge in [0.05, 0.1) is 17.5 Å². The van der Waals surface area contributed by atoms with Crippen molar-refractivity contribution in [1.29, 1.82) is 0 Å². The first kappa shape index (κ1) is 36.5. The highest BCUT2D eigenvalue weighted by Crippen LogP contribution is 2.43. The van der Waals surface area contributed by atoms with Crippen LogP contribution >= 0.6 is 0 Å². The van der Waals surface area contributed by atoms with E-state index in [0.717, 1.165) is 114 Å². The van der Waals surface area contributed by atoms with E-state index in [-0.39, 0.29) is 17.5 Å². The number of nitrogens with one attached hydrogen (secondary N) is 1. The van der Waals surface area contributed by atoms with Crippen molar-refractivity contribution in [1.82, 2.24) is 0 Å². The zero-order valence-electron chi connectivity index (χ0n) is 30.2. The number of ketones is 2. The predicted octanol–water partition coefficient (Wildman–Crippen LogP) is 9.87. The number of unbranched alkanes of at least 4 members (excludes halogenated alkanes) is 7. The minimum Gasteiger partial charge on any atom is -0.462 e. The maximum Gasteiger partial charge on any atom is 0.338 e. The van der Waals surface area contributed by atoms with Crippen LogP contribution in [0.15, 0.2) is 81.2 Å². The number of hydrogen-bond donors (Lipinski definition) is 1. The smallest absolute Gasteiger partial charge is 0.338 e. The van der Waals surface area contributed by atoms with Gasteiger partial charge in [-0.2, -0.15) is 0 Å². The van der Waals surface area contributed by atoms with Crippen LogP contribution in [0, 0.1) is 13.8 Å². The zero-order valence-corrected chi connectivity index (χ0v) is 30.2. The van der Waals surface area contributed by atoms with Gasteiger partial charge in [0.2, 0.25) is 0 Å². The van der Waals surface area contributed by atoms with Gasteiger partial charge in [0, 0.05) is 58.6 Å². The van der Waals surface area contributed by atoms with Gasteiger partial charge in [-0.15, -0.1) is 0 Å². The summed E-state index contributed by atoms with van der Waals surface area (Å²) in [6, 6.07) is 16.0. The highest BCUT2D eigenvalue weighted by molar-refractivity contribution is 6.19. The van der Waals surface area contributed by atoms with Gasteiger partial charge in [-0.25, -0.2) is 4.79 Å². The molecule has 0 bridgehead atoms. The van der Waals surface area contributed by atoms with Crippen molar-refractivity contribution in [3.8, 4) is 22.5 Å². The number of ether oxygens (including phenoxy) is 1. The molecule has 2 aliphatic carbocycles. The standard InChI is InChI=1S/C43H50N2O5/c1-6-44-36-26-40-34(22-28(36)3)42(35-23-29(4)37(45-7-2)27-41(35)50-40)32-19-15-16-20-33(32)43(48)49-21-17-13-11-9-8-10-12-14-18-31-25-38(46)30(5)24-39(31)47/h15-16,19-20,22-27,44H,6-14,17-18,21H2,1-5H3/b45-37-. The van der Waals surface area contributed by atoms with Crippen molar-refractivity contribution in [2.45, 2.75) is 92.4 Å². The Morgan fingerprint density at radius 2 is 1.52 bits per heavy atom. The molecule has 0 fully saturated rings. The Bertz CT molecular complexity index is 1980. The minimum atomic E-state index is -0.322. The largest absolute Gasteiger partial charge is 0.462 e. The lowest BCUT2D eigenvalue weighted by atomic mass is 9.89. The van der Waals surface area contributed by atoms with Gasteiger partial charge in [0.1, 0.15) is 11.3 Å². The molecule has 0 aromatic heterocycles. The second-order valence-corrected chi connectivity index (χ2v) is 13.3. The molecule has 50 heavy (non-hydrogen) atoms. The second-order valence-electron chi connectivity index (χ2n) is 13.3. The molecule has 5 rings (SSSR count). The lowest BCUT2D eigenvalue weighted by Gasteiger charge is -2.20. The number of allylic oxidation sites excluding steroid dienone is 4. The molecule has 7 nitrogen and oxygen atoms in total. The molecule has 1 aliphatic heterocycles. The minimum absolute atomic E-state index is 0.0225. The van der Waals surface area contributed by atoms with Crippen LogP contribution < -0.4 is 10.7 Å². The number of aryl methyl sites for hydroxylation is 2. The lowest BCUT2D eigenvalue weighted by molar-refractivity contribution is -0.115. The van der Waals surface area contributed by atoms with E-state index in [1.165, 1.54) is 12.2 Å². The quantitative estimate of drug-likeness (QED) is 0.0550. The van der Waals surface area contributed by atoms with Crippen molar-refractivity contribution < 1.29 is 23.5 Å². The first-order valence-electron chi connectivity index (χ1n) is 18.2. The van der Waals surface area contributed by atoms with Gasteiger partial charge >= 0.3 is 5.97 Å². The molecule has 0 saturated heterocycles. The average Bonchev–Trinajstić information content (AvgIpc) is 3.09. The Labute approximate surface area is 295 Å². The summed E-state index contributed by atoms with van der Waals surface area (Å²) in [6.45, 7) is 11.8. The number of fused-ring (bicyclic) bond motifs is 2. The highest BCUT2D eigenvalue weighted by atomic mass is 16.5. The topological polar surface area (TPSA) is 98.0 Å². The van der Waals surface area contributed by atoms with E-state index in [4.69, 9.17) is 9.15 Å². The summed E-state index contributed by atoms with van der Waals surface area (Å²) in [4.78, 5) is 42.2. The SMILES string of the molecule is CC/N=c1/cc2oc3cc(NCC)c(C)cc3c(-c3ccccc3C(=O)OCCCCCCCCCCC3=CC(=O)C(C)=CC3=O)c-2cc1C. The molecule has 2 aromatic carbocycles. The number of nitrogens with zero attached hydrogens (tertiary/aromatic N) is 1. The summed E-state index contributed by atoms with van der Waals surface area (Å²) in [7, 11) is 0. The molecule has 7 heteroatoms. The second kappa shape index (κ2) is 17.2. The third kappa shape index (κ3) is 8.68. The van der Waals surface area contributed by atoms with E-state index in [1.54, 1.807) is 6.92 Å². The van der Waals surface area contributed by atoms with Crippen LogP contribution in [-0.4, -0.2) is 37.2 Å². The molecule has 0 atom stereocenters. The van der Waals surface area contributed by atoms with Gasteiger partial charge < -0.3 is 14.5 Å². The third-order valence-corrected chi connectivity index (χ3v) is 9.43. The Hall–Kier alpha value is -4.78. The van der Waals surface area contributed by atoms with E-state index in [9.17, 15) is 14.4 Å². The van der Waals surface area contributed by atoms with E-state index in [0.29, 0.717) is 36.3 Å². The number of carbonyl (C=O) groups excluding carboxylic acids is 3. The molecule has 1 heterocycles. The molecule has 0 spiro atoms. The van der Waals surface area contributed by atoms with E-state index < -0.39 is 0 Å². The van der Waals surface area contributed by atoms with Crippen LogP contribution in [0.1, 0.15) is 100 Å². The van der Waals surface area contributed by atoms with Crippen LogP contribution in [0.3, 0.4) is 0 Å². The van der Waals surface area contributed by atoms with E-state index in [1.807, 2.05) is 43.3 Å². The van der Waals surface area contributed by atoms with Crippen molar-refractivity contribution in [3.63, 3.8) is 0 Å². The van der Waals surface area contributed by atoms with E-state index >= 15 is 0 Å². The summed E-state index contributed by atoms with van der Waals surface area (Å²) in [6.07, 6.45) is 11.9. The first-order chi connectivity index (χ1) is 24.2. The number of esters is 1. The third-order valence-electron chi connectivity index (χ3n) is 9.43. The van der Waals surface area contributed by atoms with Gasteiger partial charge in [0.25, 0.3) is 0 Å². The Kier molecular flexibility index (Phi) is 12.6. The molecule has 3 aliphatic rings. The molecule has 1 N–H and O–H groups in total. The van der Waals surface area contributed by atoms with Gasteiger partial charge in [-0.1, -0.05) is 56.7 Å². The maximum atomic E-state index is 13.6. The zero-order chi connectivity index (χ0) is 35.6. The normalized spacial score (nSPS) is 13.6. The van der Waals surface area contributed by atoms with Crippen LogP contribution in [0.25, 0.3) is 33.4 Å². The number of rotatable bonds is 16. The molecule has 0 unspecified atom stereocenters. The highest BCUT2D eigenvalue weighted by Gasteiger charge is 2.23. The molecule has 262 valence electrons. The average molecular weight is 675 g/mol. The number of anilines is 1. The fourth-order valence-corrected chi connectivity index (χ4v) is 6.70. The Balaban J connectivity index is 1.21. The molecular weight excluding hydrogens is 624 g/mol. The summed E-state index contributed by atoms with van der Waals surface area (Å²) in [5, 5.41) is 5.28. The molecule has 2 aromatic rings. The number of hydrogen-bond acceptors (Lipinski definition) is 7. The lowest BCUT2D eigenvalue weighted by Crippen LogP contribution is -2.11. The fraction of sp³-hybridized carbons (Fsp3) is 0.395. The summed E-state index contributed by atoms with van der Waals surface area (Å²) < 4.78 is 12.4. The molecular formula is C43H50N2O5. The fourth-order valence-electron chi connectivity index (χ4n) is 6.70. The summed E-state index contributed by atoms with van der Waals surface area (Å²) >= 11 is 0. The van der Waals surface area contributed by atoms with Crippen LogP contribution in [-0.2, 0) is 14.3 Å². The van der Waals surface area contributed by atoms with Crippen molar-refractivity contribution in [2.75, 3.05) is 25.0 Å². The van der Waals surface area contributed by atoms with Gasteiger partial charge in [-0.3, -0.25) is 14.6 Å². The maximum absolute atomic E-state index is 13.6. The van der Waals surface area contributed by atoms with Crippen molar-refractivity contribution in [3.05, 3.63) is 93.9 Å². The van der Waals surface area contributed by atoms with Crippen LogP contribution in [0.4, 0.5) is 5.69 Å². The monoisotopic (exact) mass is 674 g/mol.